The Balaban J connectivity index is 1.90. The summed E-state index contributed by atoms with van der Waals surface area (Å²) >= 11 is 0. The van der Waals surface area contributed by atoms with Crippen molar-refractivity contribution in [2.75, 3.05) is 6.54 Å². The summed E-state index contributed by atoms with van der Waals surface area (Å²) in [6, 6.07) is 8.31. The van der Waals surface area contributed by atoms with Gasteiger partial charge in [0.15, 0.2) is 0 Å². The van der Waals surface area contributed by atoms with E-state index in [0.717, 1.165) is 24.4 Å². The molecule has 3 rings (SSSR count). The summed E-state index contributed by atoms with van der Waals surface area (Å²) in [5.74, 6) is 0.0371. The third-order valence-corrected chi connectivity index (χ3v) is 3.86. The van der Waals surface area contributed by atoms with Gasteiger partial charge in [-0.1, -0.05) is 24.3 Å². The third kappa shape index (κ3) is 2.18. The van der Waals surface area contributed by atoms with E-state index in [1.54, 1.807) is 0 Å². The standard InChI is InChI=1S/C16H17N3O/c1-11-15(12(2)18-10-17-11)16(20)19-8-7-13-5-3-4-6-14(13)9-19/h3-6,10H,7-9H2,1-2H3. The fourth-order valence-electron chi connectivity index (χ4n) is 2.73. The van der Waals surface area contributed by atoms with Crippen molar-refractivity contribution in [1.82, 2.24) is 14.9 Å². The van der Waals surface area contributed by atoms with Gasteiger partial charge in [0.1, 0.15) is 6.33 Å². The number of fused-ring (bicyclic) bond motifs is 1. The van der Waals surface area contributed by atoms with Crippen molar-refractivity contribution in [2.24, 2.45) is 0 Å². The topological polar surface area (TPSA) is 46.1 Å². The predicted molar refractivity (Wildman–Crippen MR) is 76.4 cm³/mol. The quantitative estimate of drug-likeness (QED) is 0.796. The maximum absolute atomic E-state index is 12.7. The smallest absolute Gasteiger partial charge is 0.257 e. The van der Waals surface area contributed by atoms with Crippen LogP contribution in [0, 0.1) is 13.8 Å². The molecule has 0 atom stereocenters. The molecule has 20 heavy (non-hydrogen) atoms. The third-order valence-electron chi connectivity index (χ3n) is 3.86. The largest absolute Gasteiger partial charge is 0.334 e. The van der Waals surface area contributed by atoms with Crippen LogP contribution in [0.1, 0.15) is 32.9 Å². The van der Waals surface area contributed by atoms with Crippen LogP contribution in [0.4, 0.5) is 0 Å². The number of nitrogens with zero attached hydrogens (tertiary/aromatic N) is 3. The van der Waals surface area contributed by atoms with Gasteiger partial charge in [-0.2, -0.15) is 0 Å². The molecule has 0 bridgehead atoms. The van der Waals surface area contributed by atoms with E-state index in [4.69, 9.17) is 0 Å². The lowest BCUT2D eigenvalue weighted by Gasteiger charge is -2.29. The first kappa shape index (κ1) is 12.8. The number of aromatic nitrogens is 2. The summed E-state index contributed by atoms with van der Waals surface area (Å²) in [7, 11) is 0. The average Bonchev–Trinajstić information content (AvgIpc) is 2.46. The molecule has 4 nitrogen and oxygen atoms in total. The number of amides is 1. The van der Waals surface area contributed by atoms with Gasteiger partial charge >= 0.3 is 0 Å². The molecule has 0 fully saturated rings. The number of carbonyl (C=O) groups is 1. The van der Waals surface area contributed by atoms with Gasteiger partial charge in [0.05, 0.1) is 17.0 Å². The monoisotopic (exact) mass is 267 g/mol. The molecule has 0 radical (unpaired) electrons. The minimum Gasteiger partial charge on any atom is -0.334 e. The first-order chi connectivity index (χ1) is 9.66. The summed E-state index contributed by atoms with van der Waals surface area (Å²) in [5, 5.41) is 0. The zero-order valence-corrected chi connectivity index (χ0v) is 11.8. The lowest BCUT2D eigenvalue weighted by atomic mass is 9.99. The highest BCUT2D eigenvalue weighted by molar-refractivity contribution is 5.96. The first-order valence-electron chi connectivity index (χ1n) is 6.81. The molecule has 0 saturated heterocycles. The number of aryl methyl sites for hydroxylation is 2. The van der Waals surface area contributed by atoms with E-state index in [2.05, 4.69) is 28.2 Å². The van der Waals surface area contributed by atoms with Crippen molar-refractivity contribution in [3.8, 4) is 0 Å². The number of hydrogen-bond acceptors (Lipinski definition) is 3. The Morgan fingerprint density at radius 2 is 1.75 bits per heavy atom. The van der Waals surface area contributed by atoms with Crippen LogP contribution < -0.4 is 0 Å². The molecule has 0 spiro atoms. The highest BCUT2D eigenvalue weighted by Crippen LogP contribution is 2.21. The van der Waals surface area contributed by atoms with Crippen LogP contribution in [-0.2, 0) is 13.0 Å². The minimum atomic E-state index is 0.0371. The van der Waals surface area contributed by atoms with Gasteiger partial charge in [-0.3, -0.25) is 4.79 Å². The summed E-state index contributed by atoms with van der Waals surface area (Å²) in [5.41, 5.74) is 4.73. The number of hydrogen-bond donors (Lipinski definition) is 0. The van der Waals surface area contributed by atoms with E-state index in [1.165, 1.54) is 17.5 Å². The van der Waals surface area contributed by atoms with E-state index in [0.29, 0.717) is 12.1 Å². The molecule has 2 aromatic rings. The van der Waals surface area contributed by atoms with Crippen LogP contribution in [0.5, 0.6) is 0 Å². The second-order valence-electron chi connectivity index (χ2n) is 5.16. The normalized spacial score (nSPS) is 14.0. The van der Waals surface area contributed by atoms with Gasteiger partial charge < -0.3 is 4.90 Å². The molecule has 1 aromatic carbocycles. The van der Waals surface area contributed by atoms with Crippen molar-refractivity contribution >= 4 is 5.91 Å². The molecule has 0 N–H and O–H groups in total. The zero-order chi connectivity index (χ0) is 14.1. The van der Waals surface area contributed by atoms with Crippen molar-refractivity contribution in [2.45, 2.75) is 26.8 Å². The van der Waals surface area contributed by atoms with Crippen LogP contribution in [0.3, 0.4) is 0 Å². The summed E-state index contributed by atoms with van der Waals surface area (Å²) in [6.07, 6.45) is 2.42. The highest BCUT2D eigenvalue weighted by Gasteiger charge is 2.24. The lowest BCUT2D eigenvalue weighted by Crippen LogP contribution is -2.36. The molecule has 0 aliphatic carbocycles. The Kier molecular flexibility index (Phi) is 3.22. The molecule has 102 valence electrons. The Morgan fingerprint density at radius 3 is 2.45 bits per heavy atom. The molecule has 4 heteroatoms. The molecular weight excluding hydrogens is 250 g/mol. The maximum atomic E-state index is 12.7. The second kappa shape index (κ2) is 5.04. The summed E-state index contributed by atoms with van der Waals surface area (Å²) in [4.78, 5) is 22.9. The summed E-state index contributed by atoms with van der Waals surface area (Å²) in [6.45, 7) is 5.14. The van der Waals surface area contributed by atoms with Crippen LogP contribution in [0.15, 0.2) is 30.6 Å². The van der Waals surface area contributed by atoms with E-state index in [-0.39, 0.29) is 5.91 Å². The molecule has 1 aliphatic rings. The Bertz CT molecular complexity index is 646. The predicted octanol–water partition coefficient (Wildman–Crippen LogP) is 2.29. The van der Waals surface area contributed by atoms with Crippen molar-refractivity contribution in [3.05, 3.63) is 58.7 Å². The van der Waals surface area contributed by atoms with Crippen LogP contribution in [-0.4, -0.2) is 27.3 Å². The molecule has 1 aliphatic heterocycles. The number of benzene rings is 1. The van der Waals surface area contributed by atoms with Gasteiger partial charge in [0.25, 0.3) is 5.91 Å². The van der Waals surface area contributed by atoms with Gasteiger partial charge in [-0.15, -0.1) is 0 Å². The van der Waals surface area contributed by atoms with Crippen molar-refractivity contribution in [1.29, 1.82) is 0 Å². The van der Waals surface area contributed by atoms with Gasteiger partial charge in [-0.05, 0) is 31.4 Å². The number of rotatable bonds is 1. The second-order valence-corrected chi connectivity index (χ2v) is 5.16. The molecule has 1 aromatic heterocycles. The molecule has 0 saturated carbocycles. The first-order valence-corrected chi connectivity index (χ1v) is 6.81. The van der Waals surface area contributed by atoms with Crippen LogP contribution in [0.25, 0.3) is 0 Å². The molecule has 2 heterocycles. The van der Waals surface area contributed by atoms with Gasteiger partial charge in [0, 0.05) is 13.1 Å². The van der Waals surface area contributed by atoms with Gasteiger partial charge in [-0.25, -0.2) is 9.97 Å². The minimum absolute atomic E-state index is 0.0371. The Hall–Kier alpha value is -2.23. The maximum Gasteiger partial charge on any atom is 0.257 e. The Labute approximate surface area is 118 Å². The zero-order valence-electron chi connectivity index (χ0n) is 11.8. The highest BCUT2D eigenvalue weighted by atomic mass is 16.2. The average molecular weight is 267 g/mol. The Morgan fingerprint density at radius 1 is 1.10 bits per heavy atom. The van der Waals surface area contributed by atoms with Crippen molar-refractivity contribution in [3.63, 3.8) is 0 Å². The fourth-order valence-corrected chi connectivity index (χ4v) is 2.73. The lowest BCUT2D eigenvalue weighted by molar-refractivity contribution is 0.0732. The molecule has 1 amide bonds. The van der Waals surface area contributed by atoms with Crippen LogP contribution in [0.2, 0.25) is 0 Å². The van der Waals surface area contributed by atoms with Gasteiger partial charge in [0.2, 0.25) is 0 Å². The van der Waals surface area contributed by atoms with Crippen molar-refractivity contribution < 1.29 is 4.79 Å². The van der Waals surface area contributed by atoms with E-state index < -0.39 is 0 Å². The SMILES string of the molecule is Cc1ncnc(C)c1C(=O)N1CCc2ccccc2C1. The molecular formula is C16H17N3O. The summed E-state index contributed by atoms with van der Waals surface area (Å²) < 4.78 is 0. The van der Waals surface area contributed by atoms with E-state index >= 15 is 0 Å². The molecule has 0 unspecified atom stereocenters. The van der Waals surface area contributed by atoms with E-state index in [9.17, 15) is 4.79 Å². The van der Waals surface area contributed by atoms with Crippen LogP contribution >= 0.6 is 0 Å². The fraction of sp³-hybridized carbons (Fsp3) is 0.312. The number of carbonyl (C=O) groups excluding carboxylic acids is 1. The van der Waals surface area contributed by atoms with E-state index in [1.807, 2.05) is 24.8 Å².